The minimum absolute atomic E-state index is 0.0139. The number of carbonyl (C=O) groups is 1. The summed E-state index contributed by atoms with van der Waals surface area (Å²) >= 11 is 5.97. The molecule has 0 aliphatic carbocycles. The Bertz CT molecular complexity index is 669. The summed E-state index contributed by atoms with van der Waals surface area (Å²) in [5.74, 6) is 1.50. The van der Waals surface area contributed by atoms with Crippen LogP contribution in [0.2, 0.25) is 5.02 Å². The van der Waals surface area contributed by atoms with Crippen LogP contribution >= 0.6 is 11.6 Å². The third-order valence-corrected chi connectivity index (χ3v) is 4.23. The van der Waals surface area contributed by atoms with E-state index in [1.54, 1.807) is 0 Å². The Morgan fingerprint density at radius 2 is 1.75 bits per heavy atom. The first-order valence-corrected chi connectivity index (χ1v) is 8.46. The molecule has 1 fully saturated rings. The van der Waals surface area contributed by atoms with E-state index >= 15 is 0 Å². The highest BCUT2D eigenvalue weighted by molar-refractivity contribution is 6.30. The van der Waals surface area contributed by atoms with Crippen LogP contribution in [0.3, 0.4) is 0 Å². The van der Waals surface area contributed by atoms with Crippen molar-refractivity contribution in [1.82, 2.24) is 4.90 Å². The molecule has 3 rings (SSSR count). The van der Waals surface area contributed by atoms with E-state index in [1.165, 1.54) is 0 Å². The summed E-state index contributed by atoms with van der Waals surface area (Å²) in [6.07, 6.45) is 1.73. The molecule has 1 aliphatic rings. The van der Waals surface area contributed by atoms with Gasteiger partial charge in [-0.25, -0.2) is 0 Å². The lowest BCUT2D eigenvalue weighted by Gasteiger charge is -2.32. The lowest BCUT2D eigenvalue weighted by atomic mass is 10.1. The van der Waals surface area contributed by atoms with Gasteiger partial charge in [-0.2, -0.15) is 0 Å². The maximum atomic E-state index is 12.2. The second-order valence-electron chi connectivity index (χ2n) is 5.76. The number of likely N-dealkylation sites (tertiary alicyclic amines) is 1. The maximum Gasteiger partial charge on any atom is 0.260 e. The normalized spacial score (nSPS) is 15.1. The lowest BCUT2D eigenvalue weighted by Crippen LogP contribution is -2.43. The topological polar surface area (TPSA) is 38.8 Å². The highest BCUT2D eigenvalue weighted by Gasteiger charge is 2.24. The van der Waals surface area contributed by atoms with Crippen molar-refractivity contribution in [1.29, 1.82) is 0 Å². The number of amides is 1. The van der Waals surface area contributed by atoms with Gasteiger partial charge in [-0.3, -0.25) is 4.79 Å². The summed E-state index contributed by atoms with van der Waals surface area (Å²) < 4.78 is 11.5. The Hall–Kier alpha value is -2.20. The van der Waals surface area contributed by atoms with Crippen LogP contribution in [0.25, 0.3) is 0 Å². The first kappa shape index (κ1) is 16.7. The Kier molecular flexibility index (Phi) is 5.59. The molecule has 0 unspecified atom stereocenters. The molecule has 1 saturated heterocycles. The molecule has 0 aromatic heterocycles. The average molecular weight is 346 g/mol. The number of nitrogens with zero attached hydrogens (tertiary/aromatic N) is 1. The summed E-state index contributed by atoms with van der Waals surface area (Å²) in [4.78, 5) is 14.1. The molecule has 0 bridgehead atoms. The average Bonchev–Trinajstić information content (AvgIpc) is 2.61. The molecule has 1 amide bonds. The number of para-hydroxylation sites is 1. The summed E-state index contributed by atoms with van der Waals surface area (Å²) in [6.45, 7) is 1.44. The van der Waals surface area contributed by atoms with Gasteiger partial charge in [0.2, 0.25) is 0 Å². The number of piperidine rings is 1. The van der Waals surface area contributed by atoms with Crippen molar-refractivity contribution in [2.24, 2.45) is 0 Å². The summed E-state index contributed by atoms with van der Waals surface area (Å²) in [7, 11) is 0. The molecule has 126 valence electrons. The predicted octanol–water partition coefficient (Wildman–Crippen LogP) is 3.79. The van der Waals surface area contributed by atoms with Crippen LogP contribution in [-0.2, 0) is 4.79 Å². The molecule has 0 spiro atoms. The van der Waals surface area contributed by atoms with Crippen LogP contribution in [0.5, 0.6) is 11.5 Å². The minimum Gasteiger partial charge on any atom is -0.490 e. The Labute approximate surface area is 146 Å². The van der Waals surface area contributed by atoms with Crippen LogP contribution in [0.1, 0.15) is 12.8 Å². The zero-order valence-corrected chi connectivity index (χ0v) is 14.1. The molecule has 0 saturated carbocycles. The molecule has 1 heterocycles. The van der Waals surface area contributed by atoms with Crippen LogP contribution in [0.15, 0.2) is 54.6 Å². The van der Waals surface area contributed by atoms with Crippen molar-refractivity contribution < 1.29 is 14.3 Å². The van der Waals surface area contributed by atoms with Gasteiger partial charge in [-0.05, 0) is 30.3 Å². The fourth-order valence-electron chi connectivity index (χ4n) is 2.71. The first-order valence-electron chi connectivity index (χ1n) is 8.08. The van der Waals surface area contributed by atoms with Crippen LogP contribution < -0.4 is 9.47 Å². The van der Waals surface area contributed by atoms with Crippen molar-refractivity contribution in [3.05, 3.63) is 59.6 Å². The van der Waals surface area contributed by atoms with Crippen LogP contribution in [0.4, 0.5) is 0 Å². The van der Waals surface area contributed by atoms with Gasteiger partial charge in [0.15, 0.2) is 6.61 Å². The smallest absolute Gasteiger partial charge is 0.260 e. The number of rotatable bonds is 5. The minimum atomic E-state index is 0.0139. The van der Waals surface area contributed by atoms with E-state index in [-0.39, 0.29) is 18.6 Å². The molecule has 0 atom stereocenters. The number of hydrogen-bond acceptors (Lipinski definition) is 3. The van der Waals surface area contributed by atoms with Crippen LogP contribution in [0, 0.1) is 0 Å². The van der Waals surface area contributed by atoms with Gasteiger partial charge in [-0.1, -0.05) is 35.9 Å². The quantitative estimate of drug-likeness (QED) is 0.827. The Morgan fingerprint density at radius 1 is 1.04 bits per heavy atom. The monoisotopic (exact) mass is 345 g/mol. The van der Waals surface area contributed by atoms with Crippen molar-refractivity contribution in [3.63, 3.8) is 0 Å². The molecule has 2 aromatic carbocycles. The van der Waals surface area contributed by atoms with E-state index in [1.807, 2.05) is 59.5 Å². The van der Waals surface area contributed by atoms with Crippen molar-refractivity contribution in [2.75, 3.05) is 19.7 Å². The van der Waals surface area contributed by atoms with Gasteiger partial charge in [-0.15, -0.1) is 0 Å². The van der Waals surface area contributed by atoms with Crippen molar-refractivity contribution in [2.45, 2.75) is 18.9 Å². The zero-order valence-electron chi connectivity index (χ0n) is 13.4. The maximum absolute atomic E-state index is 12.2. The largest absolute Gasteiger partial charge is 0.490 e. The standard InChI is InChI=1S/C19H20ClNO3/c20-15-5-4-8-18(13-15)24-17-9-11-21(12-10-17)19(22)14-23-16-6-2-1-3-7-16/h1-8,13,17H,9-12,14H2. The number of benzene rings is 2. The van der Waals surface area contributed by atoms with Gasteiger partial charge < -0.3 is 14.4 Å². The molecule has 0 N–H and O–H groups in total. The molecule has 2 aromatic rings. The fourth-order valence-corrected chi connectivity index (χ4v) is 2.89. The third-order valence-electron chi connectivity index (χ3n) is 4.00. The van der Waals surface area contributed by atoms with E-state index in [4.69, 9.17) is 21.1 Å². The van der Waals surface area contributed by atoms with Gasteiger partial charge in [0.1, 0.15) is 17.6 Å². The third kappa shape index (κ3) is 4.65. The molecular weight excluding hydrogens is 326 g/mol. The van der Waals surface area contributed by atoms with E-state index in [0.717, 1.165) is 18.6 Å². The Balaban J connectivity index is 1.43. The van der Waals surface area contributed by atoms with Gasteiger partial charge in [0.05, 0.1) is 0 Å². The van der Waals surface area contributed by atoms with E-state index in [2.05, 4.69) is 0 Å². The first-order chi connectivity index (χ1) is 11.7. The number of ether oxygens (including phenoxy) is 2. The molecule has 24 heavy (non-hydrogen) atoms. The van der Waals surface area contributed by atoms with Crippen LogP contribution in [-0.4, -0.2) is 36.6 Å². The zero-order chi connectivity index (χ0) is 16.8. The van der Waals surface area contributed by atoms with E-state index in [9.17, 15) is 4.79 Å². The predicted molar refractivity (Wildman–Crippen MR) is 93.6 cm³/mol. The van der Waals surface area contributed by atoms with Crippen molar-refractivity contribution in [3.8, 4) is 11.5 Å². The summed E-state index contributed by atoms with van der Waals surface area (Å²) in [5, 5.41) is 0.665. The highest BCUT2D eigenvalue weighted by Crippen LogP contribution is 2.22. The van der Waals surface area contributed by atoms with E-state index in [0.29, 0.717) is 23.9 Å². The molecular formula is C19H20ClNO3. The molecule has 0 radical (unpaired) electrons. The number of carbonyl (C=O) groups excluding carboxylic acids is 1. The highest BCUT2D eigenvalue weighted by atomic mass is 35.5. The second-order valence-corrected chi connectivity index (χ2v) is 6.19. The van der Waals surface area contributed by atoms with Crippen molar-refractivity contribution >= 4 is 17.5 Å². The van der Waals surface area contributed by atoms with Gasteiger partial charge >= 0.3 is 0 Å². The summed E-state index contributed by atoms with van der Waals surface area (Å²) in [5.41, 5.74) is 0. The number of halogens is 1. The fraction of sp³-hybridized carbons (Fsp3) is 0.316. The Morgan fingerprint density at radius 3 is 2.46 bits per heavy atom. The molecule has 4 nitrogen and oxygen atoms in total. The van der Waals surface area contributed by atoms with Gasteiger partial charge in [0, 0.05) is 31.0 Å². The molecule has 5 heteroatoms. The summed E-state index contributed by atoms with van der Waals surface area (Å²) in [6, 6.07) is 16.8. The van der Waals surface area contributed by atoms with E-state index < -0.39 is 0 Å². The lowest BCUT2D eigenvalue weighted by molar-refractivity contribution is -0.135. The number of hydrogen-bond donors (Lipinski definition) is 0. The SMILES string of the molecule is O=C(COc1ccccc1)N1CCC(Oc2cccc(Cl)c2)CC1. The molecule has 1 aliphatic heterocycles. The van der Waals surface area contributed by atoms with Gasteiger partial charge in [0.25, 0.3) is 5.91 Å². The second kappa shape index (κ2) is 8.06.